The average molecular weight is 371 g/mol. The van der Waals surface area contributed by atoms with E-state index >= 15 is 0 Å². The van der Waals surface area contributed by atoms with E-state index in [2.05, 4.69) is 15.0 Å². The molecule has 138 valence electrons. The molecular weight excluding hydrogens is 354 g/mol. The van der Waals surface area contributed by atoms with Crippen LogP contribution in [0.2, 0.25) is 0 Å². The van der Waals surface area contributed by atoms with Crippen molar-refractivity contribution in [2.45, 2.75) is 0 Å². The number of anilines is 2. The molecule has 4 aromatic rings. The van der Waals surface area contributed by atoms with E-state index in [1.165, 1.54) is 6.33 Å². The molecule has 0 radical (unpaired) electrons. The number of benzene rings is 2. The molecule has 0 amide bonds. The minimum atomic E-state index is 0.360. The number of pyridine rings is 1. The van der Waals surface area contributed by atoms with Gasteiger partial charge in [-0.1, -0.05) is 18.2 Å². The molecule has 7 heteroatoms. The van der Waals surface area contributed by atoms with Gasteiger partial charge >= 0.3 is 0 Å². The largest absolute Gasteiger partial charge is 0.457 e. The van der Waals surface area contributed by atoms with Gasteiger partial charge in [0.05, 0.1) is 11.4 Å². The number of ether oxygens (including phenoxy) is 2. The van der Waals surface area contributed by atoms with Crippen LogP contribution in [0, 0.1) is 0 Å². The third kappa shape index (κ3) is 3.99. The molecule has 0 saturated carbocycles. The molecule has 4 N–H and O–H groups in total. The van der Waals surface area contributed by atoms with Crippen molar-refractivity contribution in [2.75, 3.05) is 11.5 Å². The molecular formula is C21H17N5O2. The highest BCUT2D eigenvalue weighted by atomic mass is 16.5. The summed E-state index contributed by atoms with van der Waals surface area (Å²) < 4.78 is 11.6. The highest BCUT2D eigenvalue weighted by Crippen LogP contribution is 2.28. The normalized spacial score (nSPS) is 10.4. The third-order valence-electron chi connectivity index (χ3n) is 3.86. The van der Waals surface area contributed by atoms with E-state index in [1.807, 2.05) is 42.5 Å². The number of para-hydroxylation sites is 1. The van der Waals surface area contributed by atoms with Crippen LogP contribution in [-0.2, 0) is 0 Å². The summed E-state index contributed by atoms with van der Waals surface area (Å²) in [6, 6.07) is 21.8. The molecule has 0 aliphatic rings. The topological polar surface area (TPSA) is 109 Å². The van der Waals surface area contributed by atoms with Crippen LogP contribution in [0.25, 0.3) is 11.4 Å². The van der Waals surface area contributed by atoms with E-state index in [4.69, 9.17) is 20.9 Å². The summed E-state index contributed by atoms with van der Waals surface area (Å²) in [5.74, 6) is 2.81. The molecule has 2 aromatic heterocycles. The lowest BCUT2D eigenvalue weighted by atomic mass is 10.2. The molecule has 0 spiro atoms. The predicted molar refractivity (Wildman–Crippen MR) is 107 cm³/mol. The maximum Gasteiger partial charge on any atom is 0.222 e. The van der Waals surface area contributed by atoms with Gasteiger partial charge in [0.25, 0.3) is 0 Å². The lowest BCUT2D eigenvalue weighted by Gasteiger charge is -2.09. The van der Waals surface area contributed by atoms with Crippen molar-refractivity contribution in [2.24, 2.45) is 0 Å². The van der Waals surface area contributed by atoms with Crippen LogP contribution in [0.1, 0.15) is 0 Å². The second-order valence-corrected chi connectivity index (χ2v) is 5.90. The Balaban J connectivity index is 1.51. The molecule has 4 rings (SSSR count). The van der Waals surface area contributed by atoms with Crippen molar-refractivity contribution in [1.29, 1.82) is 0 Å². The highest BCUT2D eigenvalue weighted by Gasteiger charge is 2.09. The van der Waals surface area contributed by atoms with Crippen molar-refractivity contribution < 1.29 is 9.47 Å². The second-order valence-electron chi connectivity index (χ2n) is 5.90. The number of hydrogen-bond acceptors (Lipinski definition) is 7. The van der Waals surface area contributed by atoms with Crippen LogP contribution in [0.15, 0.2) is 79.1 Å². The third-order valence-corrected chi connectivity index (χ3v) is 3.86. The van der Waals surface area contributed by atoms with Gasteiger partial charge in [0.2, 0.25) is 5.88 Å². The number of aromatic nitrogens is 3. The molecule has 7 nitrogen and oxygen atoms in total. The fourth-order valence-electron chi connectivity index (χ4n) is 2.54. The zero-order valence-corrected chi connectivity index (χ0v) is 14.8. The van der Waals surface area contributed by atoms with Crippen molar-refractivity contribution in [3.8, 4) is 34.5 Å². The Bertz CT molecular complexity index is 1090. The Hall–Kier alpha value is -4.13. The van der Waals surface area contributed by atoms with Crippen LogP contribution in [0.4, 0.5) is 11.5 Å². The van der Waals surface area contributed by atoms with E-state index in [1.54, 1.807) is 30.3 Å². The molecule has 0 unspecified atom stereocenters. The monoisotopic (exact) mass is 371 g/mol. The minimum absolute atomic E-state index is 0.360. The first-order valence-electron chi connectivity index (χ1n) is 8.52. The van der Waals surface area contributed by atoms with Crippen molar-refractivity contribution in [1.82, 2.24) is 15.0 Å². The Morgan fingerprint density at radius 3 is 2.11 bits per heavy atom. The van der Waals surface area contributed by atoms with E-state index < -0.39 is 0 Å². The highest BCUT2D eigenvalue weighted by molar-refractivity contribution is 5.71. The van der Waals surface area contributed by atoms with Crippen LogP contribution in [-0.4, -0.2) is 15.0 Å². The smallest absolute Gasteiger partial charge is 0.222 e. The second kappa shape index (κ2) is 7.63. The van der Waals surface area contributed by atoms with E-state index in [0.717, 1.165) is 5.75 Å². The number of hydrogen-bond donors (Lipinski definition) is 2. The van der Waals surface area contributed by atoms with Crippen molar-refractivity contribution in [3.63, 3.8) is 0 Å². The minimum Gasteiger partial charge on any atom is -0.457 e. The summed E-state index contributed by atoms with van der Waals surface area (Å²) in [5, 5.41) is 0. The Morgan fingerprint density at radius 2 is 1.36 bits per heavy atom. The molecule has 2 heterocycles. The molecule has 0 saturated heterocycles. The molecule has 28 heavy (non-hydrogen) atoms. The standard InChI is InChI=1S/C21H17N5O2/c22-17-10-11-19(23)26-21(17)18-12-20(25-13-24-18)28-16-8-6-15(7-9-16)27-14-4-2-1-3-5-14/h1-13H,22H2,(H2,23,26). The first-order valence-corrected chi connectivity index (χ1v) is 8.52. The number of rotatable bonds is 5. The SMILES string of the molecule is Nc1ccc(N)c(-c2cc(Oc3ccc(Oc4ccccc4)cc3)ncn2)n1. The summed E-state index contributed by atoms with van der Waals surface area (Å²) in [6.45, 7) is 0. The number of nitrogens with zero attached hydrogens (tertiary/aromatic N) is 3. The predicted octanol–water partition coefficient (Wildman–Crippen LogP) is 4.29. The molecule has 2 aromatic carbocycles. The summed E-state index contributed by atoms with van der Waals surface area (Å²) >= 11 is 0. The zero-order chi connectivity index (χ0) is 19.3. The van der Waals surface area contributed by atoms with Crippen molar-refractivity contribution >= 4 is 11.5 Å². The van der Waals surface area contributed by atoms with Crippen LogP contribution in [0.3, 0.4) is 0 Å². The lowest BCUT2D eigenvalue weighted by Crippen LogP contribution is -1.99. The Morgan fingerprint density at radius 1 is 0.679 bits per heavy atom. The van der Waals surface area contributed by atoms with Gasteiger partial charge < -0.3 is 20.9 Å². The molecule has 0 aliphatic carbocycles. The van der Waals surface area contributed by atoms with E-state index in [-0.39, 0.29) is 0 Å². The van der Waals surface area contributed by atoms with Gasteiger partial charge in [-0.2, -0.15) is 0 Å². The quantitative estimate of drug-likeness (QED) is 0.538. The summed E-state index contributed by atoms with van der Waals surface area (Å²) in [4.78, 5) is 12.6. The fraction of sp³-hybridized carbons (Fsp3) is 0. The lowest BCUT2D eigenvalue weighted by molar-refractivity contribution is 0.455. The fourth-order valence-corrected chi connectivity index (χ4v) is 2.54. The summed E-state index contributed by atoms with van der Waals surface area (Å²) in [6.07, 6.45) is 1.39. The van der Waals surface area contributed by atoms with Crippen molar-refractivity contribution in [3.05, 3.63) is 79.1 Å². The molecule has 0 atom stereocenters. The van der Waals surface area contributed by atoms with Crippen LogP contribution in [0.5, 0.6) is 23.1 Å². The summed E-state index contributed by atoms with van der Waals surface area (Å²) in [5.41, 5.74) is 13.2. The van der Waals surface area contributed by atoms with Gasteiger partial charge in [-0.15, -0.1) is 0 Å². The maximum absolute atomic E-state index is 5.97. The van der Waals surface area contributed by atoms with Crippen LogP contribution >= 0.6 is 0 Å². The first kappa shape index (κ1) is 17.3. The number of nitrogen functional groups attached to an aromatic ring is 2. The van der Waals surface area contributed by atoms with Crippen LogP contribution < -0.4 is 20.9 Å². The van der Waals surface area contributed by atoms with E-state index in [9.17, 15) is 0 Å². The summed E-state index contributed by atoms with van der Waals surface area (Å²) in [7, 11) is 0. The number of nitrogens with two attached hydrogens (primary N) is 2. The van der Waals surface area contributed by atoms with Gasteiger partial charge in [-0.3, -0.25) is 0 Å². The van der Waals surface area contributed by atoms with E-state index in [0.29, 0.717) is 40.3 Å². The maximum atomic E-state index is 5.97. The molecule has 0 aliphatic heterocycles. The Kier molecular flexibility index (Phi) is 4.71. The van der Waals surface area contributed by atoms with Gasteiger partial charge in [0.1, 0.15) is 35.1 Å². The Labute approximate surface area is 161 Å². The average Bonchev–Trinajstić information content (AvgIpc) is 2.72. The van der Waals surface area contributed by atoms with Gasteiger partial charge in [0.15, 0.2) is 0 Å². The van der Waals surface area contributed by atoms with Gasteiger partial charge in [-0.05, 0) is 48.5 Å². The molecule has 0 bridgehead atoms. The first-order chi connectivity index (χ1) is 13.7. The van der Waals surface area contributed by atoms with Gasteiger partial charge in [-0.25, -0.2) is 15.0 Å². The van der Waals surface area contributed by atoms with Gasteiger partial charge in [0, 0.05) is 6.07 Å². The molecule has 0 fully saturated rings. The zero-order valence-electron chi connectivity index (χ0n) is 14.8.